The van der Waals surface area contributed by atoms with Crippen LogP contribution in [0, 0.1) is 11.8 Å². The van der Waals surface area contributed by atoms with E-state index in [-0.39, 0.29) is 0 Å². The van der Waals surface area contributed by atoms with E-state index in [0.29, 0.717) is 24.5 Å². The molecule has 3 atom stereocenters. The maximum absolute atomic E-state index is 10.2. The normalized spacial score (nSPS) is 23.1. The van der Waals surface area contributed by atoms with Gasteiger partial charge in [0.05, 0.1) is 12.6 Å². The van der Waals surface area contributed by atoms with E-state index >= 15 is 0 Å². The first-order valence-corrected chi connectivity index (χ1v) is 14.7. The number of ether oxygens (including phenoxy) is 1. The average molecular weight is 500 g/mol. The molecule has 5 nitrogen and oxygen atoms in total. The second-order valence-corrected chi connectivity index (χ2v) is 12.2. The van der Waals surface area contributed by atoms with E-state index in [1.165, 1.54) is 68.3 Å². The minimum absolute atomic E-state index is 0.305. The molecule has 194 valence electrons. The molecule has 0 spiro atoms. The van der Waals surface area contributed by atoms with Gasteiger partial charge in [-0.2, -0.15) is 11.8 Å². The molecule has 2 aromatic rings. The lowest BCUT2D eigenvalue weighted by Crippen LogP contribution is -2.43. The van der Waals surface area contributed by atoms with Gasteiger partial charge < -0.3 is 19.6 Å². The zero-order chi connectivity index (χ0) is 24.6. The molecule has 35 heavy (non-hydrogen) atoms. The molecule has 1 saturated heterocycles. The largest absolute Gasteiger partial charge is 0.497 e. The fourth-order valence-corrected chi connectivity index (χ4v) is 7.52. The van der Waals surface area contributed by atoms with Crippen LogP contribution in [0.15, 0.2) is 30.5 Å². The number of pyridine rings is 1. The second kappa shape index (κ2) is 13.3. The number of rotatable bonds is 11. The number of thioether (sulfide) groups is 1. The summed E-state index contributed by atoms with van der Waals surface area (Å²) in [6.45, 7) is 3.71. The molecule has 0 bridgehead atoms. The van der Waals surface area contributed by atoms with E-state index < -0.39 is 0 Å². The van der Waals surface area contributed by atoms with Crippen molar-refractivity contribution in [1.82, 2.24) is 14.8 Å². The topological polar surface area (TPSA) is 48.8 Å². The minimum Gasteiger partial charge on any atom is -0.497 e. The summed E-state index contributed by atoms with van der Waals surface area (Å²) in [5.41, 5.74) is 2.33. The summed E-state index contributed by atoms with van der Waals surface area (Å²) in [4.78, 5) is 9.53. The van der Waals surface area contributed by atoms with Gasteiger partial charge in [-0.3, -0.25) is 4.98 Å². The van der Waals surface area contributed by atoms with Gasteiger partial charge in [0.2, 0.25) is 0 Å². The number of hydrogen-bond donors (Lipinski definition) is 1. The quantitative estimate of drug-likeness (QED) is 0.433. The Morgan fingerprint density at radius 3 is 2.71 bits per heavy atom. The highest BCUT2D eigenvalue weighted by Crippen LogP contribution is 2.36. The Labute approximate surface area is 216 Å². The van der Waals surface area contributed by atoms with Crippen molar-refractivity contribution in [1.29, 1.82) is 0 Å². The van der Waals surface area contributed by atoms with Gasteiger partial charge >= 0.3 is 0 Å². The number of likely N-dealkylation sites (tertiary alicyclic amines) is 1. The number of fused-ring (bicyclic) bond motifs is 1. The molecule has 2 fully saturated rings. The van der Waals surface area contributed by atoms with E-state index in [2.05, 4.69) is 58.8 Å². The molecule has 1 aromatic carbocycles. The number of piperidine rings is 1. The molecule has 2 heterocycles. The summed E-state index contributed by atoms with van der Waals surface area (Å²) in [5.74, 6) is 3.10. The van der Waals surface area contributed by atoms with Crippen LogP contribution in [-0.2, 0) is 0 Å². The summed E-state index contributed by atoms with van der Waals surface area (Å²) in [6, 6.07) is 8.64. The van der Waals surface area contributed by atoms with Gasteiger partial charge in [-0.1, -0.05) is 19.3 Å². The molecule has 1 saturated carbocycles. The van der Waals surface area contributed by atoms with Gasteiger partial charge in [-0.15, -0.1) is 0 Å². The molecular weight excluding hydrogens is 454 g/mol. The summed E-state index contributed by atoms with van der Waals surface area (Å²) >= 11 is 2.20. The van der Waals surface area contributed by atoms with E-state index in [9.17, 15) is 5.11 Å². The molecule has 4 rings (SSSR count). The third-order valence-corrected chi connectivity index (χ3v) is 9.66. The summed E-state index contributed by atoms with van der Waals surface area (Å²) in [6.07, 6.45) is 12.5. The Kier molecular flexibility index (Phi) is 10.1. The van der Waals surface area contributed by atoms with Crippen molar-refractivity contribution in [2.24, 2.45) is 11.8 Å². The first-order valence-electron chi connectivity index (χ1n) is 13.6. The van der Waals surface area contributed by atoms with Crippen LogP contribution in [0.4, 0.5) is 0 Å². The third-order valence-electron chi connectivity index (χ3n) is 8.30. The number of hydrogen-bond acceptors (Lipinski definition) is 6. The fourth-order valence-electron chi connectivity index (χ4n) is 6.15. The van der Waals surface area contributed by atoms with E-state index in [1.807, 2.05) is 12.3 Å². The van der Waals surface area contributed by atoms with Crippen molar-refractivity contribution in [3.63, 3.8) is 0 Å². The van der Waals surface area contributed by atoms with Crippen LogP contribution in [0.1, 0.15) is 63.0 Å². The predicted molar refractivity (Wildman–Crippen MR) is 148 cm³/mol. The van der Waals surface area contributed by atoms with Gasteiger partial charge in [0.15, 0.2) is 0 Å². The van der Waals surface area contributed by atoms with Crippen LogP contribution in [0.2, 0.25) is 0 Å². The Balaban J connectivity index is 1.34. The minimum atomic E-state index is 0.305. The average Bonchev–Trinajstić information content (AvgIpc) is 2.89. The molecule has 1 aliphatic heterocycles. The molecule has 1 N–H and O–H groups in total. The molecule has 1 aliphatic carbocycles. The van der Waals surface area contributed by atoms with Crippen molar-refractivity contribution in [2.75, 3.05) is 53.2 Å². The van der Waals surface area contributed by atoms with Gasteiger partial charge in [0.25, 0.3) is 0 Å². The number of methoxy groups -OCH3 is 1. The van der Waals surface area contributed by atoms with Crippen LogP contribution in [0.3, 0.4) is 0 Å². The Morgan fingerprint density at radius 1 is 1.14 bits per heavy atom. The molecular formula is C29H45N3O2S. The van der Waals surface area contributed by atoms with Crippen LogP contribution in [-0.4, -0.2) is 78.3 Å². The number of nitrogens with zero attached hydrogens (tertiary/aromatic N) is 3. The Morgan fingerprint density at radius 2 is 1.97 bits per heavy atom. The van der Waals surface area contributed by atoms with Crippen LogP contribution in [0.5, 0.6) is 5.75 Å². The second-order valence-electron chi connectivity index (χ2n) is 10.8. The van der Waals surface area contributed by atoms with E-state index in [1.54, 1.807) is 7.11 Å². The highest BCUT2D eigenvalue weighted by molar-refractivity contribution is 7.99. The molecule has 0 unspecified atom stereocenters. The smallest absolute Gasteiger partial charge is 0.119 e. The van der Waals surface area contributed by atoms with Gasteiger partial charge in [-0.05, 0) is 94.4 Å². The maximum Gasteiger partial charge on any atom is 0.119 e. The van der Waals surface area contributed by atoms with E-state index in [4.69, 9.17) is 4.74 Å². The number of aromatic nitrogens is 1. The zero-order valence-electron chi connectivity index (χ0n) is 22.0. The van der Waals surface area contributed by atoms with Gasteiger partial charge in [-0.25, -0.2) is 0 Å². The third kappa shape index (κ3) is 7.12. The van der Waals surface area contributed by atoms with Gasteiger partial charge in [0.1, 0.15) is 5.75 Å². The first kappa shape index (κ1) is 26.7. The number of aliphatic hydroxyl groups excluding tert-OH is 1. The lowest BCUT2D eigenvalue weighted by Gasteiger charge is -2.39. The summed E-state index contributed by atoms with van der Waals surface area (Å²) < 4.78 is 5.50. The summed E-state index contributed by atoms with van der Waals surface area (Å²) in [5, 5.41) is 12.3. The molecule has 0 radical (unpaired) electrons. The lowest BCUT2D eigenvalue weighted by atomic mass is 9.81. The van der Waals surface area contributed by atoms with Crippen molar-refractivity contribution in [3.8, 4) is 5.75 Å². The monoisotopic (exact) mass is 499 g/mol. The van der Waals surface area contributed by atoms with Crippen molar-refractivity contribution >= 4 is 22.7 Å². The highest BCUT2D eigenvalue weighted by atomic mass is 32.2. The van der Waals surface area contributed by atoms with Crippen molar-refractivity contribution < 1.29 is 9.84 Å². The molecule has 0 amide bonds. The Hall–Kier alpha value is -1.34. The molecule has 2 aliphatic rings. The molecule has 1 aromatic heterocycles. The predicted octanol–water partition coefficient (Wildman–Crippen LogP) is 5.62. The highest BCUT2D eigenvalue weighted by Gasteiger charge is 2.30. The zero-order valence-corrected chi connectivity index (χ0v) is 22.8. The SMILES string of the molecule is COc1ccc2nccc([C@@H](CC[C@@H]3CCN(CCSC4CCCCC4)C[C@@H]3CO)N(C)C)c2c1. The lowest BCUT2D eigenvalue weighted by molar-refractivity contribution is 0.0671. The van der Waals surface area contributed by atoms with Crippen molar-refractivity contribution in [2.45, 2.75) is 62.7 Å². The van der Waals surface area contributed by atoms with Gasteiger partial charge in [0, 0.05) is 48.3 Å². The van der Waals surface area contributed by atoms with E-state index in [0.717, 1.165) is 35.9 Å². The van der Waals surface area contributed by atoms with Crippen LogP contribution in [0.25, 0.3) is 10.9 Å². The summed E-state index contributed by atoms with van der Waals surface area (Å²) in [7, 11) is 6.07. The first-order chi connectivity index (χ1) is 17.1. The number of aliphatic hydroxyl groups is 1. The number of benzene rings is 1. The van der Waals surface area contributed by atoms with Crippen molar-refractivity contribution in [3.05, 3.63) is 36.0 Å². The maximum atomic E-state index is 10.2. The van der Waals surface area contributed by atoms with Crippen LogP contribution >= 0.6 is 11.8 Å². The fraction of sp³-hybridized carbons (Fsp3) is 0.690. The van der Waals surface area contributed by atoms with Crippen LogP contribution < -0.4 is 4.74 Å². The molecule has 6 heteroatoms. The standard InChI is InChI=1S/C29H45N3O2S/c1-31(2)29(26-13-15-30-28-11-10-24(34-3)19-27(26)28)12-9-22-14-16-32(20-23(22)21-33)17-18-35-25-7-5-4-6-8-25/h10-11,13,15,19,22-23,25,29,33H,4-9,12,14,16-18,20-21H2,1-3H3/t22-,23-,29-/m1/s1. The Bertz CT molecular complexity index is 918.